The summed E-state index contributed by atoms with van der Waals surface area (Å²) in [5.41, 5.74) is 0. The summed E-state index contributed by atoms with van der Waals surface area (Å²) >= 11 is 0. The molecule has 0 spiro atoms. The van der Waals surface area contributed by atoms with Crippen LogP contribution in [-0.2, 0) is 29.1 Å². The van der Waals surface area contributed by atoms with Crippen molar-refractivity contribution in [2.75, 3.05) is 13.2 Å². The highest BCUT2D eigenvalue weighted by Gasteiger charge is 2.68. The zero-order valence-corrected chi connectivity index (χ0v) is 16.7. The smallest absolute Gasteiger partial charge is 0.461 e. The lowest BCUT2D eigenvalue weighted by Gasteiger charge is -2.33. The van der Waals surface area contributed by atoms with Crippen molar-refractivity contribution < 1.29 is 58.7 Å². The first-order chi connectivity index (χ1) is 13.7. The number of esters is 1. The Morgan fingerprint density at radius 1 is 1.10 bits per heavy atom. The van der Waals surface area contributed by atoms with Gasteiger partial charge in [0.25, 0.3) is 0 Å². The van der Waals surface area contributed by atoms with E-state index in [9.17, 15) is 40.0 Å². The number of rotatable bonds is 9. The maximum Gasteiger partial charge on any atom is 0.468 e. The molecule has 1 saturated carbocycles. The largest absolute Gasteiger partial charge is 0.468 e. The van der Waals surface area contributed by atoms with Crippen LogP contribution in [0, 0.1) is 0 Å². The summed E-state index contributed by atoms with van der Waals surface area (Å²) in [6, 6.07) is -0.525. The molecule has 30 heavy (non-hydrogen) atoms. The number of alkyl carbamates (subject to hydrolysis) is 1. The maximum atomic E-state index is 13.7. The molecule has 1 rings (SSSR count). The van der Waals surface area contributed by atoms with Crippen LogP contribution in [0.25, 0.3) is 0 Å². The second-order valence-electron chi connectivity index (χ2n) is 6.41. The van der Waals surface area contributed by atoms with Gasteiger partial charge in [0.15, 0.2) is 0 Å². The third-order valence-corrected chi connectivity index (χ3v) is 5.12. The average molecular weight is 471 g/mol. The van der Waals surface area contributed by atoms with Gasteiger partial charge in [-0.2, -0.15) is 30.4 Å². The molecule has 2 N–H and O–H groups in total. The van der Waals surface area contributed by atoms with E-state index in [-0.39, 0.29) is 0 Å². The van der Waals surface area contributed by atoms with Crippen LogP contribution in [0.15, 0.2) is 0 Å². The van der Waals surface area contributed by atoms with E-state index in [4.69, 9.17) is 4.55 Å². The molecule has 1 atom stereocenters. The predicted molar refractivity (Wildman–Crippen MR) is 89.0 cm³/mol. The number of carbonyl (C=O) groups excluding carboxylic acids is 2. The molecule has 0 heterocycles. The van der Waals surface area contributed by atoms with Crippen molar-refractivity contribution >= 4 is 22.2 Å². The van der Waals surface area contributed by atoms with Crippen LogP contribution >= 0.6 is 0 Å². The zero-order valence-electron chi connectivity index (χ0n) is 15.8. The Hall–Kier alpha value is -1.74. The van der Waals surface area contributed by atoms with E-state index in [0.29, 0.717) is 25.7 Å². The number of amides is 1. The first kappa shape index (κ1) is 26.3. The molecule has 0 aromatic rings. The van der Waals surface area contributed by atoms with Crippen LogP contribution in [-0.4, -0.2) is 61.5 Å². The molecule has 1 unspecified atom stereocenters. The van der Waals surface area contributed by atoms with E-state index in [1.165, 1.54) is 0 Å². The van der Waals surface area contributed by atoms with Crippen molar-refractivity contribution in [2.45, 2.75) is 68.7 Å². The molecule has 1 aliphatic rings. The molecular weight excluding hydrogens is 449 g/mol. The molecule has 0 bridgehead atoms. The Morgan fingerprint density at radius 3 is 2.13 bits per heavy atom. The minimum Gasteiger partial charge on any atom is -0.461 e. The van der Waals surface area contributed by atoms with E-state index in [1.54, 1.807) is 0 Å². The van der Waals surface area contributed by atoms with Crippen LogP contribution in [0.2, 0.25) is 0 Å². The molecule has 9 nitrogen and oxygen atoms in total. The molecular formula is C15H22F5NO8S. The zero-order chi connectivity index (χ0) is 23.2. The quantitative estimate of drug-likeness (QED) is 0.227. The lowest BCUT2D eigenvalue weighted by molar-refractivity contribution is -0.351. The van der Waals surface area contributed by atoms with Gasteiger partial charge in [-0.3, -0.25) is 4.55 Å². The first-order valence-corrected chi connectivity index (χ1v) is 10.3. The van der Waals surface area contributed by atoms with Crippen molar-refractivity contribution in [3.05, 3.63) is 0 Å². The summed E-state index contributed by atoms with van der Waals surface area (Å²) in [5.74, 6) is -6.66. The molecule has 0 radical (unpaired) electrons. The lowest BCUT2D eigenvalue weighted by Crippen LogP contribution is -2.60. The molecule has 0 saturated heterocycles. The second kappa shape index (κ2) is 10.0. The molecule has 0 aromatic carbocycles. The molecule has 15 heteroatoms. The average Bonchev–Trinajstić information content (AvgIpc) is 2.59. The minimum atomic E-state index is -5.96. The topological polar surface area (TPSA) is 128 Å². The van der Waals surface area contributed by atoms with Gasteiger partial charge in [-0.05, 0) is 19.8 Å². The van der Waals surface area contributed by atoms with Gasteiger partial charge < -0.3 is 19.5 Å². The van der Waals surface area contributed by atoms with Crippen LogP contribution in [0.5, 0.6) is 0 Å². The standard InChI is InChI=1S/C15H22F5NO8S/c1-2-27-11(22)14(15(18,19)20,28-9-8-13(16,17)30(24,25)26)29-12(23)21-10-6-4-3-5-7-10/h10H,2-9H2,1H3,(H,21,23)(H,24,25,26). The van der Waals surface area contributed by atoms with Gasteiger partial charge in [-0.15, -0.1) is 0 Å². The second-order valence-corrected chi connectivity index (χ2v) is 7.96. The molecule has 0 aromatic heterocycles. The Labute approximate surface area is 169 Å². The summed E-state index contributed by atoms with van der Waals surface area (Å²) in [4.78, 5) is 24.0. The Bertz CT molecular complexity index is 708. The van der Waals surface area contributed by atoms with Crippen molar-refractivity contribution in [1.82, 2.24) is 5.32 Å². The van der Waals surface area contributed by atoms with Crippen molar-refractivity contribution in [2.24, 2.45) is 0 Å². The molecule has 0 aliphatic heterocycles. The van der Waals surface area contributed by atoms with Crippen LogP contribution in [0.3, 0.4) is 0 Å². The normalized spacial score (nSPS) is 18.4. The Balaban J connectivity index is 3.07. The number of carbonyl (C=O) groups is 2. The summed E-state index contributed by atoms with van der Waals surface area (Å²) in [6.07, 6.45) is -6.25. The maximum absolute atomic E-state index is 13.7. The number of ether oxygens (including phenoxy) is 3. The molecule has 1 fully saturated rings. The van der Waals surface area contributed by atoms with E-state index < -0.39 is 65.1 Å². The van der Waals surface area contributed by atoms with Crippen LogP contribution in [0.1, 0.15) is 45.4 Å². The van der Waals surface area contributed by atoms with E-state index >= 15 is 0 Å². The van der Waals surface area contributed by atoms with E-state index in [0.717, 1.165) is 13.3 Å². The monoisotopic (exact) mass is 471 g/mol. The van der Waals surface area contributed by atoms with Crippen molar-refractivity contribution in [1.29, 1.82) is 0 Å². The summed E-state index contributed by atoms with van der Waals surface area (Å²) in [7, 11) is -5.96. The first-order valence-electron chi connectivity index (χ1n) is 8.88. The SMILES string of the molecule is CCOC(=O)C(OCCC(F)(F)S(=O)(=O)O)(OC(=O)NC1CCCCC1)C(F)(F)F. The molecule has 1 amide bonds. The van der Waals surface area contributed by atoms with Gasteiger partial charge in [0.1, 0.15) is 0 Å². The highest BCUT2D eigenvalue weighted by atomic mass is 32.2. The fourth-order valence-corrected chi connectivity index (χ4v) is 2.97. The third kappa shape index (κ3) is 6.63. The van der Waals surface area contributed by atoms with Gasteiger partial charge in [0.2, 0.25) is 0 Å². The third-order valence-electron chi connectivity index (χ3n) is 4.16. The summed E-state index contributed by atoms with van der Waals surface area (Å²) < 4.78 is 110. The van der Waals surface area contributed by atoms with Crippen LogP contribution < -0.4 is 5.32 Å². The van der Waals surface area contributed by atoms with E-state index in [1.807, 2.05) is 0 Å². The highest BCUT2D eigenvalue weighted by molar-refractivity contribution is 7.86. The summed E-state index contributed by atoms with van der Waals surface area (Å²) in [6.45, 7) is -1.20. The molecule has 176 valence electrons. The Morgan fingerprint density at radius 2 is 1.67 bits per heavy atom. The van der Waals surface area contributed by atoms with Crippen molar-refractivity contribution in [3.8, 4) is 0 Å². The van der Waals surface area contributed by atoms with Crippen LogP contribution in [0.4, 0.5) is 26.7 Å². The number of nitrogens with one attached hydrogen (secondary N) is 1. The predicted octanol–water partition coefficient (Wildman–Crippen LogP) is 2.75. The van der Waals surface area contributed by atoms with Gasteiger partial charge in [0, 0.05) is 6.04 Å². The number of hydrogen-bond acceptors (Lipinski definition) is 7. The minimum absolute atomic E-state index is 0.453. The Kier molecular flexibility index (Phi) is 8.80. The van der Waals surface area contributed by atoms with Gasteiger partial charge >= 0.3 is 39.4 Å². The van der Waals surface area contributed by atoms with Gasteiger partial charge in [-0.1, -0.05) is 19.3 Å². The van der Waals surface area contributed by atoms with Gasteiger partial charge in [0.05, 0.1) is 19.6 Å². The van der Waals surface area contributed by atoms with Gasteiger partial charge in [-0.25, -0.2) is 9.59 Å². The number of halogens is 5. The fourth-order valence-electron chi connectivity index (χ4n) is 2.63. The van der Waals surface area contributed by atoms with E-state index in [2.05, 4.69) is 19.5 Å². The fraction of sp³-hybridized carbons (Fsp3) is 0.867. The highest BCUT2D eigenvalue weighted by Crippen LogP contribution is 2.37. The van der Waals surface area contributed by atoms with Crippen molar-refractivity contribution in [3.63, 3.8) is 0 Å². The molecule has 1 aliphatic carbocycles. The lowest BCUT2D eigenvalue weighted by atomic mass is 9.96. The summed E-state index contributed by atoms with van der Waals surface area (Å²) in [5, 5.41) is -2.73. The number of hydrogen-bond donors (Lipinski definition) is 2. The number of alkyl halides is 5.